The van der Waals surface area contributed by atoms with Crippen LogP contribution in [0.1, 0.15) is 66.3 Å². The fourth-order valence-electron chi connectivity index (χ4n) is 5.05. The molecule has 0 radical (unpaired) electrons. The van der Waals surface area contributed by atoms with Crippen LogP contribution in [0.3, 0.4) is 0 Å². The molecule has 1 saturated heterocycles. The predicted molar refractivity (Wildman–Crippen MR) is 127 cm³/mol. The molecule has 1 aromatic carbocycles. The predicted octanol–water partition coefficient (Wildman–Crippen LogP) is 3.86. The summed E-state index contributed by atoms with van der Waals surface area (Å²) in [5, 5.41) is 12.3. The van der Waals surface area contributed by atoms with Crippen LogP contribution in [-0.4, -0.2) is 48.4 Å². The number of carbonyl (C=O) groups is 2. The van der Waals surface area contributed by atoms with E-state index in [9.17, 15) is 14.9 Å². The molecule has 3 fully saturated rings. The lowest BCUT2D eigenvalue weighted by Gasteiger charge is -2.40. The minimum absolute atomic E-state index is 0. The van der Waals surface area contributed by atoms with Crippen LogP contribution in [0, 0.1) is 23.2 Å². The topological polar surface area (TPSA) is 76.4 Å². The number of amides is 2. The highest BCUT2D eigenvalue weighted by Gasteiger charge is 2.47. The summed E-state index contributed by atoms with van der Waals surface area (Å²) in [6, 6.07) is 11.0. The lowest BCUT2D eigenvalue weighted by Crippen LogP contribution is -2.53. The first kappa shape index (κ1) is 22.6. The van der Waals surface area contributed by atoms with Gasteiger partial charge in [-0.05, 0) is 48.8 Å². The number of nitrogens with one attached hydrogen (secondary N) is 1. The Morgan fingerprint density at radius 3 is 2.16 bits per heavy atom. The Morgan fingerprint density at radius 1 is 1.03 bits per heavy atom. The van der Waals surface area contributed by atoms with E-state index in [4.69, 9.17) is 0 Å². The normalized spacial score (nSPS) is 25.1. The maximum atomic E-state index is 13.4. The molecule has 2 aliphatic carbocycles. The van der Waals surface area contributed by atoms with Crippen LogP contribution >= 0.6 is 0 Å². The second-order valence-electron chi connectivity index (χ2n) is 10.8. The molecule has 2 atom stereocenters. The molecule has 1 N–H and O–H groups in total. The molecule has 3 aliphatic rings. The van der Waals surface area contributed by atoms with Crippen molar-refractivity contribution in [2.24, 2.45) is 11.8 Å². The molecule has 6 nitrogen and oxygen atoms in total. The van der Waals surface area contributed by atoms with Crippen LogP contribution in [0.15, 0.2) is 24.3 Å². The van der Waals surface area contributed by atoms with Crippen molar-refractivity contribution in [2.75, 3.05) is 31.1 Å². The number of nitrogens with zero attached hydrogens (tertiary/aromatic N) is 3. The molecule has 6 heteroatoms. The van der Waals surface area contributed by atoms with E-state index in [-0.39, 0.29) is 30.5 Å². The number of nitriles is 1. The fraction of sp³-hybridized carbons (Fsp3) is 0.654. The van der Waals surface area contributed by atoms with Gasteiger partial charge in [-0.25, -0.2) is 0 Å². The molecule has 2 amide bonds. The SMILES string of the molecule is CC(C)(C)c1ccc(N2CCN(C(=O)[C@@H]3CCCC[C@H]3C(=O)NC3(C#N)CC3)CC2)cc1.[HH]. The first-order valence-corrected chi connectivity index (χ1v) is 12.1. The fourth-order valence-corrected chi connectivity index (χ4v) is 5.05. The lowest BCUT2D eigenvalue weighted by molar-refractivity contribution is -0.144. The molecule has 4 rings (SSSR count). The molecule has 0 spiro atoms. The monoisotopic (exact) mass is 438 g/mol. The largest absolute Gasteiger partial charge is 0.368 e. The van der Waals surface area contributed by atoms with Crippen LogP contribution < -0.4 is 10.2 Å². The van der Waals surface area contributed by atoms with E-state index in [1.165, 1.54) is 11.3 Å². The minimum atomic E-state index is -0.670. The number of benzene rings is 1. The number of piperazine rings is 1. The molecule has 0 aromatic heterocycles. The van der Waals surface area contributed by atoms with E-state index < -0.39 is 5.54 Å². The van der Waals surface area contributed by atoms with Gasteiger partial charge in [-0.15, -0.1) is 0 Å². The van der Waals surface area contributed by atoms with Gasteiger partial charge in [-0.2, -0.15) is 5.26 Å². The molecule has 1 heterocycles. The first-order chi connectivity index (χ1) is 15.2. The minimum Gasteiger partial charge on any atom is -0.368 e. The highest BCUT2D eigenvalue weighted by atomic mass is 16.2. The highest BCUT2D eigenvalue weighted by Crippen LogP contribution is 2.37. The molecule has 174 valence electrons. The second kappa shape index (κ2) is 8.77. The highest BCUT2D eigenvalue weighted by molar-refractivity contribution is 5.89. The smallest absolute Gasteiger partial charge is 0.226 e. The van der Waals surface area contributed by atoms with Gasteiger partial charge in [0.2, 0.25) is 11.8 Å². The third-order valence-corrected chi connectivity index (χ3v) is 7.44. The first-order valence-electron chi connectivity index (χ1n) is 12.1. The number of rotatable bonds is 4. The van der Waals surface area contributed by atoms with E-state index in [0.717, 1.165) is 51.6 Å². The summed E-state index contributed by atoms with van der Waals surface area (Å²) < 4.78 is 0. The van der Waals surface area contributed by atoms with Crippen molar-refractivity contribution < 1.29 is 11.0 Å². The second-order valence-corrected chi connectivity index (χ2v) is 10.8. The average molecular weight is 439 g/mol. The quantitative estimate of drug-likeness (QED) is 0.774. The van der Waals surface area contributed by atoms with Gasteiger partial charge in [0.05, 0.1) is 6.07 Å². The van der Waals surface area contributed by atoms with Crippen LogP contribution in [0.25, 0.3) is 0 Å². The van der Waals surface area contributed by atoms with Crippen molar-refractivity contribution in [3.8, 4) is 6.07 Å². The number of hydrogen-bond donors (Lipinski definition) is 1. The maximum Gasteiger partial charge on any atom is 0.226 e. The molecule has 32 heavy (non-hydrogen) atoms. The Bertz CT molecular complexity index is 890. The van der Waals surface area contributed by atoms with Gasteiger partial charge in [0, 0.05) is 45.1 Å². The summed E-state index contributed by atoms with van der Waals surface area (Å²) in [5.41, 5.74) is 1.99. The van der Waals surface area contributed by atoms with Gasteiger partial charge in [0.1, 0.15) is 5.54 Å². The van der Waals surface area contributed by atoms with Crippen molar-refractivity contribution in [1.29, 1.82) is 5.26 Å². The summed E-state index contributed by atoms with van der Waals surface area (Å²) in [6.07, 6.45) is 4.91. The van der Waals surface area contributed by atoms with Gasteiger partial charge in [-0.1, -0.05) is 45.7 Å². The van der Waals surface area contributed by atoms with Gasteiger partial charge < -0.3 is 15.1 Å². The Morgan fingerprint density at radius 2 is 1.62 bits per heavy atom. The van der Waals surface area contributed by atoms with Crippen LogP contribution in [0.4, 0.5) is 5.69 Å². The zero-order valence-electron chi connectivity index (χ0n) is 19.7. The Kier molecular flexibility index (Phi) is 6.20. The zero-order valence-corrected chi connectivity index (χ0v) is 19.7. The Labute approximate surface area is 193 Å². The van der Waals surface area contributed by atoms with Gasteiger partial charge in [0.25, 0.3) is 0 Å². The van der Waals surface area contributed by atoms with Crippen molar-refractivity contribution in [1.82, 2.24) is 10.2 Å². The molecule has 0 bridgehead atoms. The standard InChI is InChI=1S/C26H36N4O2.H2/c1-25(2,3)19-8-10-20(11-9-19)29-14-16-30(17-15-29)24(32)22-7-5-4-6-21(22)23(31)28-26(18-27)12-13-26;/h8-11,21-22H,4-7,12-17H2,1-3H3,(H,28,31);1H/t21-,22-;/m1./s1. The van der Waals surface area contributed by atoms with Crippen molar-refractivity contribution >= 4 is 17.5 Å². The molecule has 0 unspecified atom stereocenters. The molecule has 1 aliphatic heterocycles. The number of anilines is 1. The summed E-state index contributed by atoms with van der Waals surface area (Å²) >= 11 is 0. The van der Waals surface area contributed by atoms with Gasteiger partial charge in [0.15, 0.2) is 0 Å². The Balaban J connectivity index is 0.00000306. The zero-order chi connectivity index (χ0) is 22.9. The third-order valence-electron chi connectivity index (χ3n) is 7.44. The van der Waals surface area contributed by atoms with Gasteiger partial charge >= 0.3 is 0 Å². The molecular weight excluding hydrogens is 400 g/mol. The van der Waals surface area contributed by atoms with E-state index in [1.54, 1.807) is 0 Å². The number of hydrogen-bond acceptors (Lipinski definition) is 4. The summed E-state index contributed by atoms with van der Waals surface area (Å²) in [6.45, 7) is 9.64. The van der Waals surface area contributed by atoms with E-state index in [2.05, 4.69) is 61.3 Å². The summed E-state index contributed by atoms with van der Waals surface area (Å²) in [4.78, 5) is 30.6. The van der Waals surface area contributed by atoms with E-state index in [0.29, 0.717) is 13.1 Å². The van der Waals surface area contributed by atoms with Crippen molar-refractivity contribution in [3.63, 3.8) is 0 Å². The summed E-state index contributed by atoms with van der Waals surface area (Å²) in [5.74, 6) is -0.532. The maximum absolute atomic E-state index is 13.4. The third kappa shape index (κ3) is 4.77. The number of carbonyl (C=O) groups excluding carboxylic acids is 2. The molecule has 2 saturated carbocycles. The van der Waals surface area contributed by atoms with Crippen LogP contribution in [0.2, 0.25) is 0 Å². The average Bonchev–Trinajstić information content (AvgIpc) is 3.58. The van der Waals surface area contributed by atoms with Crippen molar-refractivity contribution in [3.05, 3.63) is 29.8 Å². The van der Waals surface area contributed by atoms with E-state index >= 15 is 0 Å². The van der Waals surface area contributed by atoms with Crippen LogP contribution in [0.5, 0.6) is 0 Å². The van der Waals surface area contributed by atoms with E-state index in [1.807, 2.05) is 4.90 Å². The summed E-state index contributed by atoms with van der Waals surface area (Å²) in [7, 11) is 0. The lowest BCUT2D eigenvalue weighted by atomic mass is 9.77. The van der Waals surface area contributed by atoms with Crippen LogP contribution in [-0.2, 0) is 15.0 Å². The van der Waals surface area contributed by atoms with Gasteiger partial charge in [-0.3, -0.25) is 9.59 Å². The molecular formula is C26H38N4O2. The molecule has 1 aromatic rings. The van der Waals surface area contributed by atoms with Crippen molar-refractivity contribution in [2.45, 2.75) is 70.3 Å². The Hall–Kier alpha value is -2.55.